The second-order valence-electron chi connectivity index (χ2n) is 6.73. The highest BCUT2D eigenvalue weighted by Crippen LogP contribution is 2.35. The van der Waals surface area contributed by atoms with E-state index in [-0.39, 0.29) is 0 Å². The van der Waals surface area contributed by atoms with Gasteiger partial charge in [-0.2, -0.15) is 0 Å². The third-order valence-corrected chi connectivity index (χ3v) is 4.87. The van der Waals surface area contributed by atoms with Gasteiger partial charge in [0.05, 0.1) is 12.9 Å². The van der Waals surface area contributed by atoms with Crippen LogP contribution in [0.15, 0.2) is 36.9 Å². The van der Waals surface area contributed by atoms with Crippen molar-refractivity contribution in [3.05, 3.63) is 53.6 Å². The van der Waals surface area contributed by atoms with Crippen LogP contribution in [0.3, 0.4) is 0 Å². The number of nitrogens with zero attached hydrogens (tertiary/aromatic N) is 2. The van der Waals surface area contributed by atoms with Crippen molar-refractivity contribution < 1.29 is 4.74 Å². The molecule has 0 aliphatic heterocycles. The zero-order chi connectivity index (χ0) is 15.5. The van der Waals surface area contributed by atoms with Gasteiger partial charge in [-0.3, -0.25) is 0 Å². The zero-order valence-corrected chi connectivity index (χ0v) is 13.6. The molecule has 3 nitrogen and oxygen atoms in total. The first-order valence-corrected chi connectivity index (χ1v) is 8.80. The molecule has 120 valence electrons. The van der Waals surface area contributed by atoms with Gasteiger partial charge in [0.25, 0.3) is 0 Å². The average Bonchev–Trinajstić information content (AvgIpc) is 3.28. The number of hydrogen-bond acceptors (Lipinski definition) is 2. The van der Waals surface area contributed by atoms with Crippen molar-refractivity contribution >= 4 is 6.08 Å². The molecule has 2 aromatic rings. The number of fused-ring (bicyclic) bond motifs is 1. The standard InChI is InChI=1S/C20H24N2O/c1-2-6-19-18(5-1)17(4-3-12-22-13-11-21-15-22)9-10-20(19)23-14-16-7-8-16/h3-4,9-11,13,15-16H,1-2,5-8,12,14H2/b4-3+. The molecule has 0 radical (unpaired) electrons. The fraction of sp³-hybridized carbons (Fsp3) is 0.450. The van der Waals surface area contributed by atoms with E-state index in [1.54, 1.807) is 0 Å². The Labute approximate surface area is 138 Å². The summed E-state index contributed by atoms with van der Waals surface area (Å²) in [6.45, 7) is 1.77. The third-order valence-electron chi connectivity index (χ3n) is 4.87. The Balaban J connectivity index is 1.53. The number of benzene rings is 1. The van der Waals surface area contributed by atoms with Gasteiger partial charge in [0, 0.05) is 18.9 Å². The van der Waals surface area contributed by atoms with Crippen LogP contribution >= 0.6 is 0 Å². The molecule has 2 aliphatic rings. The lowest BCUT2D eigenvalue weighted by Gasteiger charge is -2.22. The Morgan fingerprint density at radius 1 is 1.17 bits per heavy atom. The predicted octanol–water partition coefficient (Wildman–Crippen LogP) is 4.26. The normalized spacial score (nSPS) is 17.4. The summed E-state index contributed by atoms with van der Waals surface area (Å²) in [4.78, 5) is 4.08. The minimum absolute atomic E-state index is 0.809. The van der Waals surface area contributed by atoms with Crippen molar-refractivity contribution in [2.24, 2.45) is 5.92 Å². The van der Waals surface area contributed by atoms with Gasteiger partial charge < -0.3 is 9.30 Å². The SMILES string of the molecule is C(=C\c1ccc(OCC2CC2)c2c1CCCC2)/Cn1ccnc1. The molecule has 0 atom stereocenters. The van der Waals surface area contributed by atoms with Crippen LogP contribution in [0.2, 0.25) is 0 Å². The molecule has 0 unspecified atom stereocenters. The molecule has 1 saturated carbocycles. The lowest BCUT2D eigenvalue weighted by Crippen LogP contribution is -2.09. The fourth-order valence-corrected chi connectivity index (χ4v) is 3.34. The zero-order valence-electron chi connectivity index (χ0n) is 13.6. The van der Waals surface area contributed by atoms with Crippen LogP contribution in [-0.2, 0) is 19.4 Å². The van der Waals surface area contributed by atoms with E-state index in [0.717, 1.165) is 24.8 Å². The number of ether oxygens (including phenoxy) is 1. The predicted molar refractivity (Wildman–Crippen MR) is 92.6 cm³/mol. The van der Waals surface area contributed by atoms with Crippen molar-refractivity contribution in [2.45, 2.75) is 45.1 Å². The lowest BCUT2D eigenvalue weighted by molar-refractivity contribution is 0.295. The highest BCUT2D eigenvalue weighted by molar-refractivity contribution is 5.60. The van der Waals surface area contributed by atoms with Gasteiger partial charge in [0.2, 0.25) is 0 Å². The molecule has 3 heteroatoms. The van der Waals surface area contributed by atoms with Gasteiger partial charge in [-0.25, -0.2) is 4.98 Å². The fourth-order valence-electron chi connectivity index (χ4n) is 3.34. The number of aromatic nitrogens is 2. The molecule has 1 heterocycles. The van der Waals surface area contributed by atoms with E-state index in [4.69, 9.17) is 4.74 Å². The summed E-state index contributed by atoms with van der Waals surface area (Å²) < 4.78 is 8.19. The Morgan fingerprint density at radius 2 is 2.04 bits per heavy atom. The molecule has 2 aliphatic carbocycles. The maximum absolute atomic E-state index is 6.11. The Bertz CT molecular complexity index is 684. The highest BCUT2D eigenvalue weighted by atomic mass is 16.5. The maximum atomic E-state index is 6.11. The Hall–Kier alpha value is -2.03. The third kappa shape index (κ3) is 3.49. The molecule has 0 N–H and O–H groups in total. The number of rotatable bonds is 6. The molecular formula is C20H24N2O. The Morgan fingerprint density at radius 3 is 2.83 bits per heavy atom. The minimum atomic E-state index is 0.809. The second kappa shape index (κ2) is 6.61. The van der Waals surface area contributed by atoms with Gasteiger partial charge in [0.15, 0.2) is 0 Å². The van der Waals surface area contributed by atoms with Crippen LogP contribution in [0.1, 0.15) is 42.4 Å². The molecule has 4 rings (SSSR count). The lowest BCUT2D eigenvalue weighted by atomic mass is 9.87. The molecule has 1 fully saturated rings. The van der Waals surface area contributed by atoms with Gasteiger partial charge in [0.1, 0.15) is 5.75 Å². The Kier molecular flexibility index (Phi) is 4.18. The smallest absolute Gasteiger partial charge is 0.122 e. The van der Waals surface area contributed by atoms with E-state index >= 15 is 0 Å². The van der Waals surface area contributed by atoms with Gasteiger partial charge in [-0.05, 0) is 67.2 Å². The van der Waals surface area contributed by atoms with Crippen LogP contribution in [-0.4, -0.2) is 16.2 Å². The van der Waals surface area contributed by atoms with E-state index in [1.807, 2.05) is 18.7 Å². The first kappa shape index (κ1) is 14.6. The first-order chi connectivity index (χ1) is 11.4. The molecule has 0 spiro atoms. The number of allylic oxidation sites excluding steroid dienone is 1. The molecule has 0 amide bonds. The summed E-state index contributed by atoms with van der Waals surface area (Å²) in [5.74, 6) is 1.95. The summed E-state index contributed by atoms with van der Waals surface area (Å²) in [6.07, 6.45) is 17.8. The monoisotopic (exact) mass is 308 g/mol. The number of hydrogen-bond donors (Lipinski definition) is 0. The minimum Gasteiger partial charge on any atom is -0.493 e. The summed E-state index contributed by atoms with van der Waals surface area (Å²) in [5, 5.41) is 0. The van der Waals surface area contributed by atoms with Crippen molar-refractivity contribution in [3.63, 3.8) is 0 Å². The summed E-state index contributed by atoms with van der Waals surface area (Å²) in [7, 11) is 0. The summed E-state index contributed by atoms with van der Waals surface area (Å²) >= 11 is 0. The quantitative estimate of drug-likeness (QED) is 0.797. The van der Waals surface area contributed by atoms with Crippen LogP contribution in [0, 0.1) is 5.92 Å². The van der Waals surface area contributed by atoms with E-state index in [9.17, 15) is 0 Å². The van der Waals surface area contributed by atoms with Crippen molar-refractivity contribution in [1.82, 2.24) is 9.55 Å². The summed E-state index contributed by atoms with van der Waals surface area (Å²) in [5.41, 5.74) is 4.33. The second-order valence-corrected chi connectivity index (χ2v) is 6.73. The topological polar surface area (TPSA) is 27.1 Å². The molecule has 23 heavy (non-hydrogen) atoms. The van der Waals surface area contributed by atoms with Crippen LogP contribution in [0.4, 0.5) is 0 Å². The van der Waals surface area contributed by atoms with Gasteiger partial charge in [-0.15, -0.1) is 0 Å². The highest BCUT2D eigenvalue weighted by Gasteiger charge is 2.23. The van der Waals surface area contributed by atoms with Crippen molar-refractivity contribution in [1.29, 1.82) is 0 Å². The van der Waals surface area contributed by atoms with Crippen LogP contribution in [0.25, 0.3) is 6.08 Å². The van der Waals surface area contributed by atoms with E-state index < -0.39 is 0 Å². The number of imidazole rings is 1. The van der Waals surface area contributed by atoms with Crippen molar-refractivity contribution in [3.8, 4) is 5.75 Å². The molecule has 1 aromatic heterocycles. The van der Waals surface area contributed by atoms with E-state index in [2.05, 4.69) is 33.8 Å². The van der Waals surface area contributed by atoms with Crippen LogP contribution < -0.4 is 4.74 Å². The maximum Gasteiger partial charge on any atom is 0.122 e. The molecular weight excluding hydrogens is 284 g/mol. The largest absolute Gasteiger partial charge is 0.493 e. The summed E-state index contributed by atoms with van der Waals surface area (Å²) in [6, 6.07) is 4.42. The van der Waals surface area contributed by atoms with E-state index in [1.165, 1.54) is 55.2 Å². The average molecular weight is 308 g/mol. The van der Waals surface area contributed by atoms with E-state index in [0.29, 0.717) is 0 Å². The molecule has 0 saturated heterocycles. The van der Waals surface area contributed by atoms with Crippen LogP contribution in [0.5, 0.6) is 5.75 Å². The van der Waals surface area contributed by atoms with Gasteiger partial charge >= 0.3 is 0 Å². The molecule has 1 aromatic carbocycles. The van der Waals surface area contributed by atoms with Gasteiger partial charge in [-0.1, -0.05) is 18.2 Å². The van der Waals surface area contributed by atoms with Crippen molar-refractivity contribution in [2.75, 3.05) is 6.61 Å². The first-order valence-electron chi connectivity index (χ1n) is 8.80. The molecule has 0 bridgehead atoms.